The topological polar surface area (TPSA) is 52.9 Å². The Kier molecular flexibility index (Phi) is 3.66. The highest BCUT2D eigenvalue weighted by Gasteiger charge is 2.09. The largest absolute Gasteiger partial charge is 0.339 e. The van der Waals surface area contributed by atoms with Gasteiger partial charge in [0.05, 0.1) is 6.07 Å². The molecule has 72 valence electrons. The Morgan fingerprint density at radius 1 is 1.64 bits per heavy atom. The van der Waals surface area contributed by atoms with Gasteiger partial charge in [0, 0.05) is 10.0 Å². The van der Waals surface area contributed by atoms with Gasteiger partial charge in [-0.1, -0.05) is 22.0 Å². The SMILES string of the molecule is Cc1c(Br)cccc1C(=O)NCC#N. The van der Waals surface area contributed by atoms with Crippen LogP contribution in [0.3, 0.4) is 0 Å². The van der Waals surface area contributed by atoms with Crippen molar-refractivity contribution in [2.45, 2.75) is 6.92 Å². The van der Waals surface area contributed by atoms with E-state index in [1.54, 1.807) is 12.1 Å². The third-order valence-corrected chi connectivity index (χ3v) is 2.70. The van der Waals surface area contributed by atoms with Crippen LogP contribution >= 0.6 is 15.9 Å². The van der Waals surface area contributed by atoms with Gasteiger partial charge in [0.25, 0.3) is 5.91 Å². The maximum atomic E-state index is 11.5. The molecule has 0 aliphatic heterocycles. The van der Waals surface area contributed by atoms with E-state index < -0.39 is 0 Å². The van der Waals surface area contributed by atoms with Crippen LogP contribution in [0.1, 0.15) is 15.9 Å². The third-order valence-electron chi connectivity index (χ3n) is 1.84. The minimum Gasteiger partial charge on any atom is -0.339 e. The number of nitrogens with one attached hydrogen (secondary N) is 1. The summed E-state index contributed by atoms with van der Waals surface area (Å²) in [5.41, 5.74) is 1.47. The van der Waals surface area contributed by atoms with E-state index in [0.29, 0.717) is 5.56 Å². The second kappa shape index (κ2) is 4.77. The van der Waals surface area contributed by atoms with E-state index in [-0.39, 0.29) is 12.5 Å². The lowest BCUT2D eigenvalue weighted by molar-refractivity contribution is 0.0958. The Labute approximate surface area is 90.9 Å². The zero-order valence-electron chi connectivity index (χ0n) is 7.67. The summed E-state index contributed by atoms with van der Waals surface area (Å²) in [7, 11) is 0. The van der Waals surface area contributed by atoms with Gasteiger partial charge in [-0.15, -0.1) is 0 Å². The van der Waals surface area contributed by atoms with E-state index >= 15 is 0 Å². The summed E-state index contributed by atoms with van der Waals surface area (Å²) >= 11 is 3.34. The Bertz CT molecular complexity index is 396. The standard InChI is InChI=1S/C10H9BrN2O/c1-7-8(3-2-4-9(7)11)10(14)13-6-5-12/h2-4H,6H2,1H3,(H,13,14). The maximum absolute atomic E-state index is 11.5. The Morgan fingerprint density at radius 2 is 2.36 bits per heavy atom. The van der Waals surface area contributed by atoms with Crippen LogP contribution in [0.4, 0.5) is 0 Å². The fourth-order valence-corrected chi connectivity index (χ4v) is 1.43. The van der Waals surface area contributed by atoms with Crippen LogP contribution in [-0.2, 0) is 0 Å². The highest BCUT2D eigenvalue weighted by Crippen LogP contribution is 2.18. The Hall–Kier alpha value is -1.34. The fourth-order valence-electron chi connectivity index (χ4n) is 1.07. The molecule has 3 nitrogen and oxygen atoms in total. The van der Waals surface area contributed by atoms with Gasteiger partial charge in [-0.25, -0.2) is 0 Å². The van der Waals surface area contributed by atoms with Crippen molar-refractivity contribution in [3.63, 3.8) is 0 Å². The van der Waals surface area contributed by atoms with Gasteiger partial charge in [-0.2, -0.15) is 5.26 Å². The summed E-state index contributed by atoms with van der Waals surface area (Å²) in [6.45, 7) is 1.89. The molecule has 14 heavy (non-hydrogen) atoms. The molecule has 0 saturated heterocycles. The van der Waals surface area contributed by atoms with Crippen LogP contribution in [-0.4, -0.2) is 12.5 Å². The zero-order chi connectivity index (χ0) is 10.6. The highest BCUT2D eigenvalue weighted by atomic mass is 79.9. The highest BCUT2D eigenvalue weighted by molar-refractivity contribution is 9.10. The van der Waals surface area contributed by atoms with Crippen LogP contribution in [0.15, 0.2) is 22.7 Å². The van der Waals surface area contributed by atoms with Crippen molar-refractivity contribution in [3.05, 3.63) is 33.8 Å². The van der Waals surface area contributed by atoms with Crippen molar-refractivity contribution in [1.29, 1.82) is 5.26 Å². The number of rotatable bonds is 2. The zero-order valence-corrected chi connectivity index (χ0v) is 9.26. The fraction of sp³-hybridized carbons (Fsp3) is 0.200. The van der Waals surface area contributed by atoms with Crippen molar-refractivity contribution in [1.82, 2.24) is 5.32 Å². The molecule has 0 fully saturated rings. The third kappa shape index (κ3) is 2.33. The first-order valence-corrected chi connectivity index (χ1v) is 4.86. The van der Waals surface area contributed by atoms with Crippen molar-refractivity contribution in [2.75, 3.05) is 6.54 Å². The molecule has 0 saturated carbocycles. The number of carbonyl (C=O) groups is 1. The maximum Gasteiger partial charge on any atom is 0.252 e. The van der Waals surface area contributed by atoms with Crippen molar-refractivity contribution in [2.24, 2.45) is 0 Å². The Morgan fingerprint density at radius 3 is 3.00 bits per heavy atom. The molecule has 0 spiro atoms. The molecule has 1 aromatic rings. The smallest absolute Gasteiger partial charge is 0.252 e. The number of carbonyl (C=O) groups excluding carboxylic acids is 1. The molecule has 0 bridgehead atoms. The van der Waals surface area contributed by atoms with E-state index in [2.05, 4.69) is 21.2 Å². The molecular weight excluding hydrogens is 244 g/mol. The second-order valence-corrected chi connectivity index (χ2v) is 3.61. The quantitative estimate of drug-likeness (QED) is 0.819. The second-order valence-electron chi connectivity index (χ2n) is 2.75. The van der Waals surface area contributed by atoms with Gasteiger partial charge in [0.2, 0.25) is 0 Å². The summed E-state index contributed by atoms with van der Waals surface area (Å²) in [6, 6.07) is 7.25. The predicted molar refractivity (Wildman–Crippen MR) is 56.8 cm³/mol. The van der Waals surface area contributed by atoms with E-state index in [1.807, 2.05) is 19.1 Å². The first-order valence-electron chi connectivity index (χ1n) is 4.07. The summed E-state index contributed by atoms with van der Waals surface area (Å²) in [5, 5.41) is 10.8. The molecule has 1 rings (SSSR count). The van der Waals surface area contributed by atoms with E-state index in [0.717, 1.165) is 10.0 Å². The van der Waals surface area contributed by atoms with Gasteiger partial charge in [-0.05, 0) is 24.6 Å². The van der Waals surface area contributed by atoms with E-state index in [1.165, 1.54) is 0 Å². The molecule has 0 unspecified atom stereocenters. The molecule has 1 aromatic carbocycles. The molecule has 0 aliphatic rings. The predicted octanol–water partition coefficient (Wildman–Crippen LogP) is 2.01. The summed E-state index contributed by atoms with van der Waals surface area (Å²) in [4.78, 5) is 11.5. The Balaban J connectivity index is 2.91. The summed E-state index contributed by atoms with van der Waals surface area (Å²) < 4.78 is 0.891. The summed E-state index contributed by atoms with van der Waals surface area (Å²) in [5.74, 6) is -0.217. The van der Waals surface area contributed by atoms with Gasteiger partial charge in [0.1, 0.15) is 6.54 Å². The first-order chi connectivity index (χ1) is 6.66. The number of amides is 1. The van der Waals surface area contributed by atoms with Gasteiger partial charge < -0.3 is 5.32 Å². The number of benzene rings is 1. The van der Waals surface area contributed by atoms with E-state index in [4.69, 9.17) is 5.26 Å². The van der Waals surface area contributed by atoms with Crippen molar-refractivity contribution in [3.8, 4) is 6.07 Å². The molecule has 0 aromatic heterocycles. The number of nitrogens with zero attached hydrogens (tertiary/aromatic N) is 1. The number of hydrogen-bond donors (Lipinski definition) is 1. The lowest BCUT2D eigenvalue weighted by Crippen LogP contribution is -2.24. The number of halogens is 1. The number of hydrogen-bond acceptors (Lipinski definition) is 2. The first kappa shape index (κ1) is 10.7. The molecule has 1 N–H and O–H groups in total. The molecular formula is C10H9BrN2O. The molecule has 4 heteroatoms. The molecule has 0 aliphatic carbocycles. The minimum absolute atomic E-state index is 0.0325. The lowest BCUT2D eigenvalue weighted by Gasteiger charge is -2.06. The van der Waals surface area contributed by atoms with Crippen LogP contribution in [0.5, 0.6) is 0 Å². The lowest BCUT2D eigenvalue weighted by atomic mass is 10.1. The molecule has 0 atom stereocenters. The van der Waals surface area contributed by atoms with Crippen LogP contribution in [0.2, 0.25) is 0 Å². The molecule has 0 heterocycles. The van der Waals surface area contributed by atoms with Crippen LogP contribution < -0.4 is 5.32 Å². The normalized spacial score (nSPS) is 9.21. The van der Waals surface area contributed by atoms with Gasteiger partial charge in [-0.3, -0.25) is 4.79 Å². The number of nitriles is 1. The van der Waals surface area contributed by atoms with Crippen LogP contribution in [0, 0.1) is 18.3 Å². The van der Waals surface area contributed by atoms with Crippen LogP contribution in [0.25, 0.3) is 0 Å². The average Bonchev–Trinajstić information content (AvgIpc) is 2.18. The summed E-state index contributed by atoms with van der Waals surface area (Å²) in [6.07, 6.45) is 0. The molecule has 0 radical (unpaired) electrons. The van der Waals surface area contributed by atoms with E-state index in [9.17, 15) is 4.79 Å². The van der Waals surface area contributed by atoms with Gasteiger partial charge >= 0.3 is 0 Å². The van der Waals surface area contributed by atoms with Gasteiger partial charge in [0.15, 0.2) is 0 Å². The van der Waals surface area contributed by atoms with Crippen molar-refractivity contribution < 1.29 is 4.79 Å². The minimum atomic E-state index is -0.217. The van der Waals surface area contributed by atoms with Crippen molar-refractivity contribution >= 4 is 21.8 Å². The monoisotopic (exact) mass is 252 g/mol. The average molecular weight is 253 g/mol. The molecule has 1 amide bonds.